The average Bonchev–Trinajstić information content (AvgIpc) is 2.49. The highest BCUT2D eigenvalue weighted by Crippen LogP contribution is 2.13. The first kappa shape index (κ1) is 15.3. The van der Waals surface area contributed by atoms with Crippen LogP contribution in [0.15, 0.2) is 53.6 Å². The Morgan fingerprint density at radius 3 is 2.68 bits per heavy atom. The molecule has 22 heavy (non-hydrogen) atoms. The van der Waals surface area contributed by atoms with Gasteiger partial charge in [-0.15, -0.1) is 0 Å². The van der Waals surface area contributed by atoms with E-state index >= 15 is 0 Å². The van der Waals surface area contributed by atoms with E-state index in [1.54, 1.807) is 6.07 Å². The molecule has 2 aromatic carbocycles. The summed E-state index contributed by atoms with van der Waals surface area (Å²) in [5, 5.41) is 14.4. The Hall–Kier alpha value is -3.09. The second-order valence-electron chi connectivity index (χ2n) is 4.45. The molecule has 1 N–H and O–H groups in total. The molecule has 1 amide bonds. The topological polar surface area (TPSA) is 84.6 Å². The summed E-state index contributed by atoms with van der Waals surface area (Å²) in [7, 11) is 0. The van der Waals surface area contributed by atoms with E-state index in [-0.39, 0.29) is 17.9 Å². The molecule has 0 atom stereocenters. The number of hydrazone groups is 1. The molecule has 112 valence electrons. The molecule has 0 heterocycles. The highest BCUT2D eigenvalue weighted by Gasteiger charge is 2.08. The van der Waals surface area contributed by atoms with Crippen LogP contribution in [-0.4, -0.2) is 17.0 Å². The van der Waals surface area contributed by atoms with Crippen LogP contribution in [0.2, 0.25) is 0 Å². The fourth-order valence-electron chi connectivity index (χ4n) is 1.73. The van der Waals surface area contributed by atoms with Crippen LogP contribution in [-0.2, 0) is 11.2 Å². The zero-order valence-corrected chi connectivity index (χ0v) is 11.4. The van der Waals surface area contributed by atoms with E-state index in [0.29, 0.717) is 11.1 Å². The molecular weight excluding hydrogens is 289 g/mol. The second kappa shape index (κ2) is 7.07. The maximum Gasteiger partial charge on any atom is 0.269 e. The number of amides is 1. The summed E-state index contributed by atoms with van der Waals surface area (Å²) in [6.45, 7) is 0. The minimum absolute atomic E-state index is 0.0254. The molecule has 0 unspecified atom stereocenters. The molecule has 0 saturated carbocycles. The number of carbonyl (C=O) groups excluding carboxylic acids is 1. The van der Waals surface area contributed by atoms with Gasteiger partial charge < -0.3 is 0 Å². The predicted molar refractivity (Wildman–Crippen MR) is 78.9 cm³/mol. The van der Waals surface area contributed by atoms with Crippen molar-refractivity contribution in [2.75, 3.05) is 0 Å². The van der Waals surface area contributed by atoms with Crippen LogP contribution in [0.4, 0.5) is 10.1 Å². The Bertz CT molecular complexity index is 714. The molecule has 0 radical (unpaired) electrons. The molecule has 0 saturated heterocycles. The van der Waals surface area contributed by atoms with Crippen LogP contribution in [0, 0.1) is 15.9 Å². The Morgan fingerprint density at radius 2 is 2.00 bits per heavy atom. The van der Waals surface area contributed by atoms with Gasteiger partial charge in [-0.25, -0.2) is 9.82 Å². The van der Waals surface area contributed by atoms with Gasteiger partial charge in [-0.2, -0.15) is 5.10 Å². The monoisotopic (exact) mass is 301 g/mol. The smallest absolute Gasteiger partial charge is 0.269 e. The van der Waals surface area contributed by atoms with Gasteiger partial charge in [0.05, 0.1) is 17.6 Å². The van der Waals surface area contributed by atoms with Crippen molar-refractivity contribution < 1.29 is 14.1 Å². The van der Waals surface area contributed by atoms with Gasteiger partial charge in [-0.1, -0.05) is 24.3 Å². The number of hydrogen-bond acceptors (Lipinski definition) is 4. The number of nitro groups is 1. The van der Waals surface area contributed by atoms with Crippen molar-refractivity contribution in [2.45, 2.75) is 6.42 Å². The summed E-state index contributed by atoms with van der Waals surface area (Å²) >= 11 is 0. The Labute approximate surface area is 125 Å². The average molecular weight is 301 g/mol. The molecule has 0 spiro atoms. The van der Waals surface area contributed by atoms with E-state index in [9.17, 15) is 19.3 Å². The Morgan fingerprint density at radius 1 is 1.27 bits per heavy atom. The lowest BCUT2D eigenvalue weighted by molar-refractivity contribution is -0.384. The SMILES string of the molecule is O=C(Cc1cccc([N+](=O)[O-])c1)NN=Cc1ccc(F)cc1. The van der Waals surface area contributed by atoms with Gasteiger partial charge in [0.2, 0.25) is 5.91 Å². The lowest BCUT2D eigenvalue weighted by atomic mass is 10.1. The molecular formula is C15H12FN3O3. The van der Waals surface area contributed by atoms with E-state index in [4.69, 9.17) is 0 Å². The highest BCUT2D eigenvalue weighted by molar-refractivity contribution is 5.83. The molecule has 7 heteroatoms. The van der Waals surface area contributed by atoms with Gasteiger partial charge in [-0.05, 0) is 23.3 Å². The summed E-state index contributed by atoms with van der Waals surface area (Å²) < 4.78 is 12.7. The third kappa shape index (κ3) is 4.48. The first-order chi connectivity index (χ1) is 10.5. The largest absolute Gasteiger partial charge is 0.273 e. The third-order valence-electron chi connectivity index (χ3n) is 2.76. The first-order valence-corrected chi connectivity index (χ1v) is 6.35. The van der Waals surface area contributed by atoms with Gasteiger partial charge in [0.25, 0.3) is 5.69 Å². The molecule has 6 nitrogen and oxygen atoms in total. The van der Waals surface area contributed by atoms with Crippen molar-refractivity contribution in [3.63, 3.8) is 0 Å². The summed E-state index contributed by atoms with van der Waals surface area (Å²) in [6, 6.07) is 11.4. The van der Waals surface area contributed by atoms with E-state index in [1.807, 2.05) is 0 Å². The Kier molecular flexibility index (Phi) is 4.92. The summed E-state index contributed by atoms with van der Waals surface area (Å²) in [5.74, 6) is -0.759. The first-order valence-electron chi connectivity index (χ1n) is 6.35. The number of halogens is 1. The quantitative estimate of drug-likeness (QED) is 0.523. The van der Waals surface area contributed by atoms with Crippen molar-refractivity contribution in [3.05, 3.63) is 75.6 Å². The Balaban J connectivity index is 1.91. The van der Waals surface area contributed by atoms with Gasteiger partial charge in [-0.3, -0.25) is 14.9 Å². The van der Waals surface area contributed by atoms with E-state index in [0.717, 1.165) is 0 Å². The molecule has 2 aromatic rings. The maximum atomic E-state index is 12.7. The minimum Gasteiger partial charge on any atom is -0.273 e. The van der Waals surface area contributed by atoms with Crippen molar-refractivity contribution in [3.8, 4) is 0 Å². The predicted octanol–water partition coefficient (Wildman–Crippen LogP) is 2.43. The van der Waals surface area contributed by atoms with Crippen LogP contribution in [0.1, 0.15) is 11.1 Å². The van der Waals surface area contributed by atoms with Crippen LogP contribution in [0.25, 0.3) is 0 Å². The fourth-order valence-corrected chi connectivity index (χ4v) is 1.73. The van der Waals surface area contributed by atoms with E-state index in [1.165, 1.54) is 48.7 Å². The van der Waals surface area contributed by atoms with E-state index in [2.05, 4.69) is 10.5 Å². The van der Waals surface area contributed by atoms with Gasteiger partial charge in [0.15, 0.2) is 0 Å². The van der Waals surface area contributed by atoms with Crippen LogP contribution >= 0.6 is 0 Å². The molecule has 0 aliphatic heterocycles. The molecule has 0 aromatic heterocycles. The zero-order valence-electron chi connectivity index (χ0n) is 11.4. The molecule has 0 bridgehead atoms. The number of nitrogens with one attached hydrogen (secondary N) is 1. The summed E-state index contributed by atoms with van der Waals surface area (Å²) in [4.78, 5) is 21.8. The van der Waals surface area contributed by atoms with Crippen molar-refractivity contribution in [1.29, 1.82) is 0 Å². The van der Waals surface area contributed by atoms with Crippen LogP contribution in [0.3, 0.4) is 0 Å². The molecule has 0 aliphatic carbocycles. The number of non-ortho nitro benzene ring substituents is 1. The van der Waals surface area contributed by atoms with Gasteiger partial charge in [0.1, 0.15) is 5.82 Å². The molecule has 0 fully saturated rings. The second-order valence-corrected chi connectivity index (χ2v) is 4.45. The highest BCUT2D eigenvalue weighted by atomic mass is 19.1. The number of carbonyl (C=O) groups is 1. The molecule has 0 aliphatic rings. The normalized spacial score (nSPS) is 10.6. The lowest BCUT2D eigenvalue weighted by Gasteiger charge is -2.00. The number of hydrogen-bond donors (Lipinski definition) is 1. The van der Waals surface area contributed by atoms with Crippen LogP contribution < -0.4 is 5.43 Å². The zero-order chi connectivity index (χ0) is 15.9. The number of benzene rings is 2. The molecule has 2 rings (SSSR count). The third-order valence-corrected chi connectivity index (χ3v) is 2.76. The van der Waals surface area contributed by atoms with Crippen molar-refractivity contribution in [1.82, 2.24) is 5.43 Å². The van der Waals surface area contributed by atoms with Gasteiger partial charge in [0, 0.05) is 12.1 Å². The van der Waals surface area contributed by atoms with E-state index < -0.39 is 10.8 Å². The van der Waals surface area contributed by atoms with Crippen molar-refractivity contribution >= 4 is 17.8 Å². The number of rotatable bonds is 5. The number of nitro benzene ring substituents is 1. The van der Waals surface area contributed by atoms with Gasteiger partial charge >= 0.3 is 0 Å². The minimum atomic E-state index is -0.520. The maximum absolute atomic E-state index is 12.7. The van der Waals surface area contributed by atoms with Crippen LogP contribution in [0.5, 0.6) is 0 Å². The number of nitrogens with zero attached hydrogens (tertiary/aromatic N) is 2. The van der Waals surface area contributed by atoms with Crippen molar-refractivity contribution in [2.24, 2.45) is 5.10 Å². The summed E-state index contributed by atoms with van der Waals surface area (Å²) in [5.41, 5.74) is 3.39. The standard InChI is InChI=1S/C15H12FN3O3/c16-13-6-4-11(5-7-13)10-17-18-15(20)9-12-2-1-3-14(8-12)19(21)22/h1-8,10H,9H2,(H,18,20). The summed E-state index contributed by atoms with van der Waals surface area (Å²) in [6.07, 6.45) is 1.35. The lowest BCUT2D eigenvalue weighted by Crippen LogP contribution is -2.19. The fraction of sp³-hybridized carbons (Fsp3) is 0.0667.